The third-order valence-corrected chi connectivity index (χ3v) is 8.76. The zero-order valence-electron chi connectivity index (χ0n) is 16.9. The molecule has 11 heteroatoms. The van der Waals surface area contributed by atoms with Crippen LogP contribution in [0.4, 0.5) is 0 Å². The summed E-state index contributed by atoms with van der Waals surface area (Å²) in [5.74, 6) is 0. The Bertz CT molecular complexity index is 329. The molecule has 0 fully saturated rings. The molecule has 0 bridgehead atoms. The van der Waals surface area contributed by atoms with Crippen LogP contribution in [0.3, 0.4) is 0 Å². The molecule has 0 aromatic carbocycles. The Morgan fingerprint density at radius 1 is 0.519 bits per heavy atom. The molecule has 0 aliphatic carbocycles. The van der Waals surface area contributed by atoms with E-state index in [4.69, 9.17) is 29.4 Å². The van der Waals surface area contributed by atoms with Gasteiger partial charge in [0.2, 0.25) is 0 Å². The molecule has 0 atom stereocenters. The molecule has 0 saturated heterocycles. The molecule has 0 aromatic rings. The SMILES string of the molecule is CCCCCCC[CH2][Pr][CH2]CCCCCCC.OP(O)(O)=S.OP(O)(O)=S. The van der Waals surface area contributed by atoms with E-state index in [0.717, 1.165) is 0 Å². The van der Waals surface area contributed by atoms with E-state index in [-0.39, 0.29) is 37.1 Å². The van der Waals surface area contributed by atoms with Gasteiger partial charge in [0.05, 0.1) is 0 Å². The smallest absolute Gasteiger partial charge is 0.319 e. The zero-order valence-corrected chi connectivity index (χ0v) is 24.0. The Kier molecular flexibility index (Phi) is 31.1. The van der Waals surface area contributed by atoms with Crippen molar-refractivity contribution >= 4 is 37.1 Å². The molecule has 0 spiro atoms. The zero-order chi connectivity index (χ0) is 21.6. The largest absolute Gasteiger partial charge is 0.325 e. The van der Waals surface area contributed by atoms with Crippen molar-refractivity contribution in [3.8, 4) is 0 Å². The first kappa shape index (κ1) is 34.0. The fourth-order valence-corrected chi connectivity index (χ4v) is 6.91. The normalized spacial score (nSPS) is 11.0. The quantitative estimate of drug-likeness (QED) is 0.123. The molecule has 0 saturated carbocycles. The van der Waals surface area contributed by atoms with E-state index in [1.807, 2.05) is 0 Å². The molecule has 6 nitrogen and oxygen atoms in total. The van der Waals surface area contributed by atoms with E-state index >= 15 is 0 Å². The van der Waals surface area contributed by atoms with E-state index < -0.39 is 13.4 Å². The predicted octanol–water partition coefficient (Wildman–Crippen LogP) is 5.00. The molecule has 0 radical (unpaired) electrons. The molecule has 0 rings (SSSR count). The van der Waals surface area contributed by atoms with Crippen LogP contribution in [0.1, 0.15) is 90.9 Å². The number of hydrogen-bond donors (Lipinski definition) is 6. The first-order valence-electron chi connectivity index (χ1n) is 9.80. The molecular formula is C16H40O6P2PrS2. The minimum atomic E-state index is -3.81. The predicted molar refractivity (Wildman–Crippen MR) is 118 cm³/mol. The van der Waals surface area contributed by atoms with Gasteiger partial charge in [0.15, 0.2) is 0 Å². The van der Waals surface area contributed by atoms with E-state index in [1.54, 1.807) is 16.9 Å². The molecule has 0 aliphatic heterocycles. The van der Waals surface area contributed by atoms with Crippen molar-refractivity contribution in [1.82, 2.24) is 0 Å². The van der Waals surface area contributed by atoms with Crippen LogP contribution >= 0.6 is 13.4 Å². The van der Waals surface area contributed by atoms with Crippen molar-refractivity contribution in [1.29, 1.82) is 0 Å². The van der Waals surface area contributed by atoms with Crippen LogP contribution in [-0.2, 0) is 23.6 Å². The van der Waals surface area contributed by atoms with Gasteiger partial charge in [-0.25, -0.2) is 0 Å². The molecule has 0 amide bonds. The van der Waals surface area contributed by atoms with Gasteiger partial charge < -0.3 is 29.4 Å². The van der Waals surface area contributed by atoms with Gasteiger partial charge in [0, 0.05) is 0 Å². The number of unbranched alkanes of at least 4 members (excludes halogenated alkanes) is 10. The van der Waals surface area contributed by atoms with Crippen molar-refractivity contribution in [3.05, 3.63) is 0 Å². The molecule has 0 aromatic heterocycles. The summed E-state index contributed by atoms with van der Waals surface area (Å²) in [6.07, 6.45) is 17.9. The van der Waals surface area contributed by atoms with Crippen LogP contribution in [0.2, 0.25) is 4.01 Å². The van der Waals surface area contributed by atoms with Crippen LogP contribution < -0.4 is 0 Å². The van der Waals surface area contributed by atoms with Crippen LogP contribution in [-0.4, -0.2) is 29.4 Å². The van der Waals surface area contributed by atoms with Crippen molar-refractivity contribution in [2.24, 2.45) is 0 Å². The third-order valence-electron chi connectivity index (χ3n) is 3.52. The van der Waals surface area contributed by atoms with Gasteiger partial charge in [0.25, 0.3) is 0 Å². The van der Waals surface area contributed by atoms with E-state index in [9.17, 15) is 0 Å². The first-order valence-corrected chi connectivity index (χ1v) is 20.4. The number of hydrogen-bond acceptors (Lipinski definition) is 2. The second kappa shape index (κ2) is 24.7. The van der Waals surface area contributed by atoms with E-state index in [1.165, 1.54) is 64.2 Å². The third kappa shape index (κ3) is 73.6. The summed E-state index contributed by atoms with van der Waals surface area (Å²) in [6.45, 7) is -3.01. The van der Waals surface area contributed by atoms with Gasteiger partial charge in [-0.15, -0.1) is 0 Å². The topological polar surface area (TPSA) is 121 Å². The van der Waals surface area contributed by atoms with E-state index in [2.05, 4.69) is 37.5 Å². The summed E-state index contributed by atoms with van der Waals surface area (Å²) in [5, 5.41) is 0. The maximum atomic E-state index is 7.56. The van der Waals surface area contributed by atoms with Crippen molar-refractivity contribution in [3.63, 3.8) is 0 Å². The summed E-state index contributed by atoms with van der Waals surface area (Å²) < 4.78 is 3.39. The van der Waals surface area contributed by atoms with E-state index in [0.29, 0.717) is 0 Å². The van der Waals surface area contributed by atoms with Gasteiger partial charge in [-0.1, -0.05) is 0 Å². The average Bonchev–Trinajstić information content (AvgIpc) is 2.49. The average molecular weight is 595 g/mol. The minimum absolute atomic E-state index is 0.245. The maximum Gasteiger partial charge on any atom is 0.319 e. The monoisotopic (exact) mass is 595 g/mol. The molecular weight excluding hydrogens is 555 g/mol. The van der Waals surface area contributed by atoms with Crippen molar-refractivity contribution in [2.75, 3.05) is 0 Å². The summed E-state index contributed by atoms with van der Waals surface area (Å²) in [5.41, 5.74) is 0. The molecule has 6 N–H and O–H groups in total. The van der Waals surface area contributed by atoms with Gasteiger partial charge >= 0.3 is 145 Å². The van der Waals surface area contributed by atoms with Crippen molar-refractivity contribution < 1.29 is 66.5 Å². The van der Waals surface area contributed by atoms with Crippen LogP contribution in [0.25, 0.3) is 0 Å². The fourth-order valence-electron chi connectivity index (χ4n) is 2.28. The Morgan fingerprint density at radius 3 is 1.00 bits per heavy atom. The van der Waals surface area contributed by atoms with Gasteiger partial charge in [-0.3, -0.25) is 0 Å². The van der Waals surface area contributed by atoms with Gasteiger partial charge in [-0.05, 0) is 23.6 Å². The standard InChI is InChI=1S/2C8H17.2H3O3PS.Pr/c2*1-3-5-7-8-6-4-2;2*1-4(2,3)5;/h2*1,3-8H2,2H3;2*(H3,1,2,3,5);. The van der Waals surface area contributed by atoms with Crippen LogP contribution in [0.5, 0.6) is 0 Å². The Labute approximate surface area is 196 Å². The van der Waals surface area contributed by atoms with Gasteiger partial charge in [-0.2, -0.15) is 0 Å². The Hall–Kier alpha value is 2.42. The minimum Gasteiger partial charge on any atom is -0.325 e. The molecule has 27 heavy (non-hydrogen) atoms. The summed E-state index contributed by atoms with van der Waals surface area (Å²) in [6, 6.07) is 0. The van der Waals surface area contributed by atoms with Crippen molar-refractivity contribution in [2.45, 2.75) is 94.9 Å². The number of rotatable bonds is 14. The van der Waals surface area contributed by atoms with Crippen LogP contribution in [0.15, 0.2) is 0 Å². The second-order valence-electron chi connectivity index (χ2n) is 6.43. The van der Waals surface area contributed by atoms with Crippen LogP contribution in [0, 0.1) is 37.1 Å². The van der Waals surface area contributed by atoms with Gasteiger partial charge in [0.1, 0.15) is 0 Å². The molecule has 165 valence electrons. The Morgan fingerprint density at radius 2 is 0.741 bits per heavy atom. The Balaban J connectivity index is -0.000000471. The second-order valence-corrected chi connectivity index (χ2v) is 17.0. The summed E-state index contributed by atoms with van der Waals surface area (Å²) in [7, 11) is 0. The molecule has 0 aliphatic rings. The molecule has 0 heterocycles. The first-order chi connectivity index (χ1) is 12.4. The molecule has 0 unspecified atom stereocenters. The fraction of sp³-hybridized carbons (Fsp3) is 1.00. The summed E-state index contributed by atoms with van der Waals surface area (Å²) >= 11 is 6.96. The summed E-state index contributed by atoms with van der Waals surface area (Å²) in [4.78, 5) is 45.3. The maximum absolute atomic E-state index is 7.56.